The summed E-state index contributed by atoms with van der Waals surface area (Å²) in [7, 11) is 3.88. The van der Waals surface area contributed by atoms with Crippen LogP contribution in [0.5, 0.6) is 0 Å². The Balaban J connectivity index is 1.49. The Kier molecular flexibility index (Phi) is 3.96. The van der Waals surface area contributed by atoms with E-state index in [0.29, 0.717) is 24.5 Å². The van der Waals surface area contributed by atoms with E-state index < -0.39 is 0 Å². The van der Waals surface area contributed by atoms with E-state index in [0.717, 1.165) is 25.3 Å². The Bertz CT molecular complexity index is 683. The molecule has 1 N–H and O–H groups in total. The summed E-state index contributed by atoms with van der Waals surface area (Å²) in [4.78, 5) is 14.3. The van der Waals surface area contributed by atoms with Crippen LogP contribution in [0.3, 0.4) is 0 Å². The van der Waals surface area contributed by atoms with Crippen LogP contribution in [0.4, 0.5) is 0 Å². The van der Waals surface area contributed by atoms with Crippen molar-refractivity contribution in [3.63, 3.8) is 0 Å². The highest BCUT2D eigenvalue weighted by molar-refractivity contribution is 5.79. The van der Waals surface area contributed by atoms with Crippen molar-refractivity contribution < 1.29 is 9.53 Å². The molecule has 6 heteroatoms. The van der Waals surface area contributed by atoms with Gasteiger partial charge in [0.25, 0.3) is 0 Å². The number of ether oxygens (including phenoxy) is 1. The Labute approximate surface area is 149 Å². The van der Waals surface area contributed by atoms with Crippen molar-refractivity contribution in [3.8, 4) is 0 Å². The number of amides is 1. The molecule has 2 aliphatic heterocycles. The van der Waals surface area contributed by atoms with Gasteiger partial charge in [0.1, 0.15) is 0 Å². The van der Waals surface area contributed by atoms with E-state index in [2.05, 4.69) is 31.2 Å². The van der Waals surface area contributed by atoms with Crippen LogP contribution in [0.25, 0.3) is 0 Å². The highest BCUT2D eigenvalue weighted by Crippen LogP contribution is 2.52. The number of fused-ring (bicyclic) bond motifs is 1. The number of hydrogen-bond acceptors (Lipinski definition) is 4. The summed E-state index contributed by atoms with van der Waals surface area (Å²) in [6, 6.07) is 0.601. The Hall–Kier alpha value is -1.40. The second-order valence-corrected chi connectivity index (χ2v) is 8.67. The third-order valence-electron chi connectivity index (χ3n) is 6.99. The molecule has 4 rings (SSSR count). The number of rotatable bonds is 4. The lowest BCUT2D eigenvalue weighted by atomic mass is 9.57. The lowest BCUT2D eigenvalue weighted by Gasteiger charge is -2.55. The predicted octanol–water partition coefficient (Wildman–Crippen LogP) is 1.65. The first-order valence-corrected chi connectivity index (χ1v) is 9.41. The van der Waals surface area contributed by atoms with Gasteiger partial charge in [-0.2, -0.15) is 5.10 Å². The number of nitrogens with one attached hydrogen (secondary N) is 1. The molecular formula is C19H30N4O2. The highest BCUT2D eigenvalue weighted by Gasteiger charge is 2.59. The van der Waals surface area contributed by atoms with E-state index in [4.69, 9.17) is 4.74 Å². The number of aryl methyl sites for hydroxylation is 1. The molecule has 1 aliphatic carbocycles. The first-order chi connectivity index (χ1) is 11.8. The van der Waals surface area contributed by atoms with Gasteiger partial charge in [0.15, 0.2) is 0 Å². The SMILES string of the molecule is Cc1c([C@H]2[C@H](CN[C@@H]3[C@H]4CCO[C@H]4C3(C)C)CC(=O)N2C)cnn1C. The smallest absolute Gasteiger partial charge is 0.223 e. The van der Waals surface area contributed by atoms with Crippen LogP contribution < -0.4 is 5.32 Å². The van der Waals surface area contributed by atoms with Crippen molar-refractivity contribution in [2.75, 3.05) is 20.2 Å². The van der Waals surface area contributed by atoms with Gasteiger partial charge in [-0.3, -0.25) is 9.48 Å². The largest absolute Gasteiger partial charge is 0.377 e. The number of likely N-dealkylation sites (tertiary alicyclic amines) is 1. The summed E-state index contributed by atoms with van der Waals surface area (Å²) in [5, 5.41) is 8.19. The lowest BCUT2D eigenvalue weighted by molar-refractivity contribution is -0.127. The second kappa shape index (κ2) is 5.81. The molecule has 0 bridgehead atoms. The molecule has 3 aliphatic rings. The van der Waals surface area contributed by atoms with Gasteiger partial charge in [-0.05, 0) is 13.3 Å². The fourth-order valence-corrected chi connectivity index (χ4v) is 5.42. The van der Waals surface area contributed by atoms with E-state index in [1.165, 1.54) is 5.56 Å². The summed E-state index contributed by atoms with van der Waals surface area (Å²) in [5.41, 5.74) is 2.50. The number of aromatic nitrogens is 2. The van der Waals surface area contributed by atoms with Crippen molar-refractivity contribution >= 4 is 5.91 Å². The Morgan fingerprint density at radius 1 is 1.40 bits per heavy atom. The first-order valence-electron chi connectivity index (χ1n) is 9.41. The summed E-state index contributed by atoms with van der Waals surface area (Å²) in [5.74, 6) is 1.15. The standard InChI is InChI=1S/C19H30N4O2/c1-11-14(10-21-23(11)5)16-12(8-15(24)22(16)4)9-20-17-13-6-7-25-18(13)19(17,2)3/h10,12-13,16-18,20H,6-9H2,1-5H3/t12-,13+,16+,17+,18+/m0/s1. The minimum atomic E-state index is 0.118. The number of carbonyl (C=O) groups excluding carboxylic acids is 1. The molecule has 1 saturated carbocycles. The summed E-state index contributed by atoms with van der Waals surface area (Å²) in [6.45, 7) is 8.43. The minimum absolute atomic E-state index is 0.118. The molecule has 2 saturated heterocycles. The van der Waals surface area contributed by atoms with Crippen LogP contribution in [0.1, 0.15) is 44.0 Å². The van der Waals surface area contributed by atoms with E-state index >= 15 is 0 Å². The molecule has 0 radical (unpaired) electrons. The van der Waals surface area contributed by atoms with Crippen molar-refractivity contribution in [1.82, 2.24) is 20.0 Å². The Morgan fingerprint density at radius 3 is 2.84 bits per heavy atom. The van der Waals surface area contributed by atoms with Crippen LogP contribution in [-0.4, -0.2) is 52.9 Å². The van der Waals surface area contributed by atoms with E-state index in [9.17, 15) is 4.79 Å². The molecule has 5 atom stereocenters. The van der Waals surface area contributed by atoms with Gasteiger partial charge in [0.05, 0.1) is 18.3 Å². The summed E-state index contributed by atoms with van der Waals surface area (Å²) in [6.07, 6.45) is 4.09. The molecule has 1 aromatic rings. The quantitative estimate of drug-likeness (QED) is 0.901. The topological polar surface area (TPSA) is 59.4 Å². The van der Waals surface area contributed by atoms with Gasteiger partial charge >= 0.3 is 0 Å². The summed E-state index contributed by atoms with van der Waals surface area (Å²) >= 11 is 0. The molecule has 6 nitrogen and oxygen atoms in total. The second-order valence-electron chi connectivity index (χ2n) is 8.67. The zero-order valence-electron chi connectivity index (χ0n) is 16.0. The fourth-order valence-electron chi connectivity index (χ4n) is 5.42. The van der Waals surface area contributed by atoms with Gasteiger partial charge in [-0.25, -0.2) is 0 Å². The van der Waals surface area contributed by atoms with Crippen molar-refractivity contribution in [2.45, 2.75) is 51.8 Å². The number of carbonyl (C=O) groups is 1. The van der Waals surface area contributed by atoms with Gasteiger partial charge in [-0.1, -0.05) is 13.8 Å². The normalized spacial score (nSPS) is 36.6. The van der Waals surface area contributed by atoms with Crippen LogP contribution in [0.2, 0.25) is 0 Å². The van der Waals surface area contributed by atoms with Gasteiger partial charge < -0.3 is 15.0 Å². The highest BCUT2D eigenvalue weighted by atomic mass is 16.5. The molecule has 25 heavy (non-hydrogen) atoms. The monoisotopic (exact) mass is 346 g/mol. The molecule has 0 spiro atoms. The van der Waals surface area contributed by atoms with E-state index in [1.807, 2.05) is 29.9 Å². The first kappa shape index (κ1) is 17.0. The van der Waals surface area contributed by atoms with Crippen molar-refractivity contribution in [3.05, 3.63) is 17.5 Å². The van der Waals surface area contributed by atoms with Crippen LogP contribution in [-0.2, 0) is 16.6 Å². The third kappa shape index (κ3) is 2.45. The molecule has 1 aromatic heterocycles. The van der Waals surface area contributed by atoms with Gasteiger partial charge in [0, 0.05) is 68.2 Å². The van der Waals surface area contributed by atoms with Gasteiger partial charge in [-0.15, -0.1) is 0 Å². The lowest BCUT2D eigenvalue weighted by Crippen LogP contribution is -2.66. The number of nitrogens with zero attached hydrogens (tertiary/aromatic N) is 3. The van der Waals surface area contributed by atoms with Crippen LogP contribution >= 0.6 is 0 Å². The number of hydrogen-bond donors (Lipinski definition) is 1. The zero-order chi connectivity index (χ0) is 17.9. The molecule has 0 unspecified atom stereocenters. The van der Waals surface area contributed by atoms with Crippen molar-refractivity contribution in [2.24, 2.45) is 24.3 Å². The molecule has 3 heterocycles. The average molecular weight is 346 g/mol. The van der Waals surface area contributed by atoms with E-state index in [1.54, 1.807) is 0 Å². The third-order valence-corrected chi connectivity index (χ3v) is 6.99. The maximum Gasteiger partial charge on any atom is 0.223 e. The molecular weight excluding hydrogens is 316 g/mol. The average Bonchev–Trinajstić information content (AvgIpc) is 3.21. The minimum Gasteiger partial charge on any atom is -0.377 e. The van der Waals surface area contributed by atoms with E-state index in [-0.39, 0.29) is 23.3 Å². The fraction of sp³-hybridized carbons (Fsp3) is 0.789. The van der Waals surface area contributed by atoms with Crippen LogP contribution in [0, 0.1) is 24.2 Å². The maximum absolute atomic E-state index is 12.4. The zero-order valence-corrected chi connectivity index (χ0v) is 16.0. The molecule has 3 fully saturated rings. The maximum atomic E-state index is 12.4. The predicted molar refractivity (Wildman–Crippen MR) is 95.0 cm³/mol. The molecule has 1 amide bonds. The molecule has 0 aromatic carbocycles. The van der Waals surface area contributed by atoms with Crippen LogP contribution in [0.15, 0.2) is 6.20 Å². The van der Waals surface area contributed by atoms with Gasteiger partial charge in [0.2, 0.25) is 5.91 Å². The Morgan fingerprint density at radius 2 is 2.16 bits per heavy atom. The van der Waals surface area contributed by atoms with Crippen molar-refractivity contribution in [1.29, 1.82) is 0 Å². The summed E-state index contributed by atoms with van der Waals surface area (Å²) < 4.78 is 7.79. The molecule has 138 valence electrons.